The van der Waals surface area contributed by atoms with Crippen LogP contribution in [0.5, 0.6) is 11.5 Å². The molecule has 2 aromatic rings. The number of benzene rings is 2. The van der Waals surface area contributed by atoms with Gasteiger partial charge in [-0.1, -0.05) is 11.6 Å². The first-order valence-corrected chi connectivity index (χ1v) is 8.26. The van der Waals surface area contributed by atoms with Crippen molar-refractivity contribution in [3.8, 4) is 17.6 Å². The smallest absolute Gasteiger partial charge is 0.417 e. The number of alkyl halides is 3. The van der Waals surface area contributed by atoms with E-state index in [0.29, 0.717) is 12.1 Å². The van der Waals surface area contributed by atoms with E-state index in [1.165, 1.54) is 19.2 Å². The Morgan fingerprint density at radius 2 is 1.80 bits per heavy atom. The van der Waals surface area contributed by atoms with Crippen molar-refractivity contribution in [1.82, 2.24) is 0 Å². The first-order valence-electron chi connectivity index (χ1n) is 6.48. The second-order valence-electron chi connectivity index (χ2n) is 4.65. The number of methoxy groups -OCH3 is 1. The molecule has 0 bridgehead atoms. The predicted molar refractivity (Wildman–Crippen MR) is 82.0 cm³/mol. The fraction of sp³-hybridized carbons (Fsp3) is 0.133. The number of hydrogen-bond donors (Lipinski definition) is 0. The molecule has 0 aliphatic rings. The molecule has 0 radical (unpaired) electrons. The number of rotatable bonds is 4. The molecule has 0 aromatic heterocycles. The van der Waals surface area contributed by atoms with Crippen LogP contribution in [0.4, 0.5) is 13.2 Å². The maximum absolute atomic E-state index is 13.1. The van der Waals surface area contributed by atoms with Crippen LogP contribution in [-0.2, 0) is 16.3 Å². The minimum Gasteiger partial charge on any atom is -0.493 e. The number of nitrogens with zero attached hydrogens (tertiary/aromatic N) is 1. The van der Waals surface area contributed by atoms with Crippen LogP contribution >= 0.6 is 11.6 Å². The molecule has 0 heterocycles. The van der Waals surface area contributed by atoms with Gasteiger partial charge in [0.05, 0.1) is 24.3 Å². The lowest BCUT2D eigenvalue weighted by molar-refractivity contribution is -0.139. The highest BCUT2D eigenvalue weighted by Crippen LogP contribution is 2.38. The average Bonchev–Trinajstić information content (AvgIpc) is 2.53. The molecule has 0 atom stereocenters. The predicted octanol–water partition coefficient (Wildman–Crippen LogP) is 4.01. The standard InChI is InChI=1S/C15H9ClF3NO4S/c1-23-13-6-9(8-20)2-4-12(13)24-25(21,22)14-5-3-10(16)7-11(14)15(17,18)19/h2-7H,1H3. The molecular formula is C15H9ClF3NO4S. The van der Waals surface area contributed by atoms with E-state index in [2.05, 4.69) is 0 Å². The zero-order valence-corrected chi connectivity index (χ0v) is 14.0. The molecule has 10 heteroatoms. The number of halogens is 4. The van der Waals surface area contributed by atoms with Crippen LogP contribution in [0, 0.1) is 11.3 Å². The van der Waals surface area contributed by atoms with E-state index in [1.807, 2.05) is 6.07 Å². The summed E-state index contributed by atoms with van der Waals surface area (Å²) in [6.45, 7) is 0. The summed E-state index contributed by atoms with van der Waals surface area (Å²) in [5.41, 5.74) is -1.29. The van der Waals surface area contributed by atoms with Gasteiger partial charge in [-0.15, -0.1) is 0 Å². The van der Waals surface area contributed by atoms with Crippen molar-refractivity contribution in [2.75, 3.05) is 7.11 Å². The SMILES string of the molecule is COc1cc(C#N)ccc1OS(=O)(=O)c1ccc(Cl)cc1C(F)(F)F. The second kappa shape index (κ2) is 6.82. The molecule has 25 heavy (non-hydrogen) atoms. The van der Waals surface area contributed by atoms with Crippen molar-refractivity contribution in [1.29, 1.82) is 5.26 Å². The first-order chi connectivity index (χ1) is 11.6. The van der Waals surface area contributed by atoms with Gasteiger partial charge in [-0.05, 0) is 30.3 Å². The summed E-state index contributed by atoms with van der Waals surface area (Å²) in [5, 5.41) is 8.53. The van der Waals surface area contributed by atoms with Crippen LogP contribution in [0.2, 0.25) is 5.02 Å². The Bertz CT molecular complexity index is 952. The molecule has 0 aliphatic carbocycles. The van der Waals surface area contributed by atoms with Crippen molar-refractivity contribution in [2.24, 2.45) is 0 Å². The van der Waals surface area contributed by atoms with E-state index in [0.717, 1.165) is 12.1 Å². The van der Waals surface area contributed by atoms with Crippen LogP contribution < -0.4 is 8.92 Å². The van der Waals surface area contributed by atoms with Gasteiger partial charge in [-0.2, -0.15) is 26.9 Å². The van der Waals surface area contributed by atoms with Gasteiger partial charge in [0.1, 0.15) is 4.90 Å². The lowest BCUT2D eigenvalue weighted by atomic mass is 10.2. The molecule has 0 fully saturated rings. The highest BCUT2D eigenvalue weighted by molar-refractivity contribution is 7.87. The molecule has 0 unspecified atom stereocenters. The molecule has 0 amide bonds. The number of ether oxygens (including phenoxy) is 1. The molecule has 0 spiro atoms. The van der Waals surface area contributed by atoms with Gasteiger partial charge in [-0.3, -0.25) is 0 Å². The molecule has 2 rings (SSSR count). The summed E-state index contributed by atoms with van der Waals surface area (Å²) in [6.07, 6.45) is -4.95. The molecular weight excluding hydrogens is 383 g/mol. The minimum atomic E-state index is -4.95. The normalized spacial score (nSPS) is 11.7. The quantitative estimate of drug-likeness (QED) is 0.736. The third-order valence-corrected chi connectivity index (χ3v) is 4.54. The Morgan fingerprint density at radius 1 is 1.12 bits per heavy atom. The molecule has 132 valence electrons. The van der Waals surface area contributed by atoms with Gasteiger partial charge >= 0.3 is 16.3 Å². The molecule has 5 nitrogen and oxygen atoms in total. The van der Waals surface area contributed by atoms with E-state index in [-0.39, 0.29) is 22.1 Å². The van der Waals surface area contributed by atoms with Crippen LogP contribution in [0.15, 0.2) is 41.3 Å². The van der Waals surface area contributed by atoms with Crippen molar-refractivity contribution < 1.29 is 30.5 Å². The van der Waals surface area contributed by atoms with E-state index in [9.17, 15) is 21.6 Å². The third kappa shape index (κ3) is 4.15. The number of hydrogen-bond acceptors (Lipinski definition) is 5. The zero-order valence-electron chi connectivity index (χ0n) is 12.5. The van der Waals surface area contributed by atoms with Crippen molar-refractivity contribution in [2.45, 2.75) is 11.1 Å². The fourth-order valence-corrected chi connectivity index (χ4v) is 3.23. The van der Waals surface area contributed by atoms with Crippen LogP contribution in [0.25, 0.3) is 0 Å². The van der Waals surface area contributed by atoms with E-state index in [4.69, 9.17) is 25.8 Å². The molecule has 2 aromatic carbocycles. The van der Waals surface area contributed by atoms with Gasteiger partial charge in [0.15, 0.2) is 11.5 Å². The van der Waals surface area contributed by atoms with Gasteiger partial charge in [-0.25, -0.2) is 0 Å². The Morgan fingerprint density at radius 3 is 2.36 bits per heavy atom. The summed E-state index contributed by atoms with van der Waals surface area (Å²) in [5.74, 6) is -0.477. The molecule has 0 saturated heterocycles. The van der Waals surface area contributed by atoms with E-state index < -0.39 is 26.8 Å². The van der Waals surface area contributed by atoms with Crippen molar-refractivity contribution in [3.63, 3.8) is 0 Å². The van der Waals surface area contributed by atoms with Gasteiger partial charge in [0.2, 0.25) is 0 Å². The van der Waals surface area contributed by atoms with Crippen LogP contribution in [0.3, 0.4) is 0 Å². The summed E-state index contributed by atoms with van der Waals surface area (Å²) in [4.78, 5) is -1.09. The van der Waals surface area contributed by atoms with Gasteiger partial charge in [0.25, 0.3) is 0 Å². The minimum absolute atomic E-state index is 0.120. The summed E-state index contributed by atoms with van der Waals surface area (Å²) >= 11 is 5.53. The fourth-order valence-electron chi connectivity index (χ4n) is 1.91. The monoisotopic (exact) mass is 391 g/mol. The van der Waals surface area contributed by atoms with Crippen LogP contribution in [-0.4, -0.2) is 15.5 Å². The maximum atomic E-state index is 13.1. The second-order valence-corrected chi connectivity index (χ2v) is 6.60. The van der Waals surface area contributed by atoms with E-state index >= 15 is 0 Å². The first kappa shape index (κ1) is 18.9. The Hall–Kier alpha value is -2.44. The Balaban J connectivity index is 2.54. The zero-order chi connectivity index (χ0) is 18.8. The largest absolute Gasteiger partial charge is 0.493 e. The van der Waals surface area contributed by atoms with Gasteiger partial charge < -0.3 is 8.92 Å². The van der Waals surface area contributed by atoms with Gasteiger partial charge in [0, 0.05) is 11.1 Å². The molecule has 0 saturated carbocycles. The number of nitriles is 1. The lowest BCUT2D eigenvalue weighted by Crippen LogP contribution is -2.17. The highest BCUT2D eigenvalue weighted by atomic mass is 35.5. The Kier molecular flexibility index (Phi) is 5.15. The molecule has 0 aliphatic heterocycles. The maximum Gasteiger partial charge on any atom is 0.417 e. The average molecular weight is 392 g/mol. The Labute approximate surface area is 146 Å². The lowest BCUT2D eigenvalue weighted by Gasteiger charge is -2.15. The van der Waals surface area contributed by atoms with Crippen molar-refractivity contribution >= 4 is 21.7 Å². The highest BCUT2D eigenvalue weighted by Gasteiger charge is 2.38. The summed E-state index contributed by atoms with van der Waals surface area (Å²) < 4.78 is 73.6. The van der Waals surface area contributed by atoms with Crippen molar-refractivity contribution in [3.05, 3.63) is 52.5 Å². The van der Waals surface area contributed by atoms with Crippen LogP contribution in [0.1, 0.15) is 11.1 Å². The topological polar surface area (TPSA) is 76.4 Å². The summed E-state index contributed by atoms with van der Waals surface area (Å²) in [6, 6.07) is 7.55. The third-order valence-electron chi connectivity index (χ3n) is 3.01. The van der Waals surface area contributed by atoms with E-state index in [1.54, 1.807) is 0 Å². The molecule has 0 N–H and O–H groups in total. The summed E-state index contributed by atoms with van der Waals surface area (Å²) in [7, 11) is -3.64.